The van der Waals surface area contributed by atoms with E-state index in [0.29, 0.717) is 51.4 Å². The zero-order chi connectivity index (χ0) is 72.2. The summed E-state index contributed by atoms with van der Waals surface area (Å²) in [7, 11) is 0. The zero-order valence-electron chi connectivity index (χ0n) is 62.2. The molecule has 0 amide bonds. The van der Waals surface area contributed by atoms with E-state index in [1.807, 2.05) is 0 Å². The minimum Gasteiger partial charge on any atom is -0.480 e. The monoisotopic (exact) mass is 1450 g/mol. The molecular weight excluding hydrogens is 1310 g/mol. The number of ether oxygens (including phenoxy) is 4. The highest BCUT2D eigenvalue weighted by molar-refractivity contribution is 8.02. The summed E-state index contributed by atoms with van der Waals surface area (Å²) in [5.74, 6) is -7.59. The first kappa shape index (κ1) is 94.2. The molecule has 568 valence electrons. The van der Waals surface area contributed by atoms with E-state index in [-0.39, 0.29) is 0 Å². The number of carboxylic acids is 4. The number of esters is 4. The molecule has 0 heterocycles. The number of carbonyl (C=O) groups is 8. The van der Waals surface area contributed by atoms with Gasteiger partial charge in [0.25, 0.3) is 0 Å². The second-order valence-corrected chi connectivity index (χ2v) is 33.8. The van der Waals surface area contributed by atoms with Crippen molar-refractivity contribution < 1.29 is 77.7 Å². The molecule has 0 aromatic heterocycles. The molecule has 0 bridgehead atoms. The summed E-state index contributed by atoms with van der Waals surface area (Å²) >= 11 is 3.77. The average molecular weight is 1450 g/mol. The average Bonchev–Trinajstić information content (AvgIpc) is 0.916. The van der Waals surface area contributed by atoms with Gasteiger partial charge in [0.05, 0.1) is 0 Å². The first-order valence-electron chi connectivity index (χ1n) is 38.9. The fraction of sp³-hybridized carbons (Fsp3) is 0.896. The molecule has 0 aliphatic heterocycles. The number of unbranched alkanes of at least 4 members (excludes halogenated alkanes) is 40. The summed E-state index contributed by atoms with van der Waals surface area (Å²) in [6, 6.07) is 0. The van der Waals surface area contributed by atoms with E-state index >= 15 is 0 Å². The highest BCUT2D eigenvalue weighted by Crippen LogP contribution is 2.32. The maximum absolute atomic E-state index is 14.1. The van der Waals surface area contributed by atoms with Gasteiger partial charge in [-0.3, -0.25) is 38.4 Å². The molecule has 0 radical (unpaired) electrons. The molecule has 16 nitrogen and oxygen atoms in total. The first-order valence-corrected chi connectivity index (χ1v) is 42.6. The molecule has 0 rings (SSSR count). The molecule has 0 aliphatic carbocycles. The van der Waals surface area contributed by atoms with Crippen LogP contribution < -0.4 is 0 Å². The van der Waals surface area contributed by atoms with Gasteiger partial charge in [-0.1, -0.05) is 310 Å². The van der Waals surface area contributed by atoms with Crippen LogP contribution in [0.1, 0.15) is 364 Å². The normalized spacial score (nSPS) is 14.7. The van der Waals surface area contributed by atoms with Crippen molar-refractivity contribution in [3.05, 3.63) is 0 Å². The Hall–Kier alpha value is -2.84. The Morgan fingerprint density at radius 3 is 0.515 bits per heavy atom. The maximum atomic E-state index is 14.1. The number of aliphatic carboxylic acids is 4. The largest absolute Gasteiger partial charge is 0.480 e. The highest BCUT2D eigenvalue weighted by atomic mass is 32.2. The predicted octanol–water partition coefficient (Wildman–Crippen LogP) is 21.2. The van der Waals surface area contributed by atoms with Crippen molar-refractivity contribution in [1.29, 1.82) is 0 Å². The van der Waals surface area contributed by atoms with Crippen LogP contribution in [0.15, 0.2) is 0 Å². The van der Waals surface area contributed by atoms with Gasteiger partial charge in [-0.25, -0.2) is 0 Å². The van der Waals surface area contributed by atoms with Crippen LogP contribution in [-0.4, -0.2) is 137 Å². The van der Waals surface area contributed by atoms with Gasteiger partial charge < -0.3 is 39.4 Å². The maximum Gasteiger partial charge on any atom is 0.318 e. The first-order chi connectivity index (χ1) is 46.7. The van der Waals surface area contributed by atoms with E-state index in [2.05, 4.69) is 27.7 Å². The predicted molar refractivity (Wildman–Crippen MR) is 404 cm³/mol. The standard InChI is InChI=1S/C77H140O16S4/c1-9-13-17-21-25-29-33-37-41-45-49-53-65(69(78)79)94-61(5)73(86)90-57-77(58-91-74(87)62(6)95-66(70(80)81)54-50-46-42-38-34-30-26-22-18-14-10-2,59-92-75(88)63(7)96-67(71(82)83)55-51-47-43-39-35-31-27-23-19-15-11-3)60-93-76(89)64(8)97-68(72(84)85)56-52-48-44-40-36-32-28-24-20-16-12-4/h61-68H,9-60H2,1-8H3,(H,78,79)(H,80,81)(H,82,83)(H,84,85). The minimum atomic E-state index is -1.83. The molecule has 8 unspecified atom stereocenters. The van der Waals surface area contributed by atoms with Crippen LogP contribution in [0.3, 0.4) is 0 Å². The quantitative estimate of drug-likeness (QED) is 0.0251. The number of carbonyl (C=O) groups excluding carboxylic acids is 4. The third-order valence-electron chi connectivity index (χ3n) is 18.3. The lowest BCUT2D eigenvalue weighted by atomic mass is 9.92. The molecule has 0 aliphatic rings. The van der Waals surface area contributed by atoms with Crippen molar-refractivity contribution in [1.82, 2.24) is 0 Å². The Morgan fingerprint density at radius 2 is 0.381 bits per heavy atom. The topological polar surface area (TPSA) is 254 Å². The molecule has 0 saturated heterocycles. The van der Waals surface area contributed by atoms with Gasteiger partial charge in [0, 0.05) is 0 Å². The Morgan fingerprint density at radius 1 is 0.247 bits per heavy atom. The van der Waals surface area contributed by atoms with E-state index < -0.39 is 122 Å². The highest BCUT2D eigenvalue weighted by Gasteiger charge is 2.41. The van der Waals surface area contributed by atoms with Crippen LogP contribution in [0.2, 0.25) is 0 Å². The number of hydrogen-bond acceptors (Lipinski definition) is 16. The lowest BCUT2D eigenvalue weighted by molar-refractivity contribution is -0.169. The van der Waals surface area contributed by atoms with Gasteiger partial charge in [0.15, 0.2) is 0 Å². The Labute approximate surface area is 606 Å². The molecule has 0 aromatic rings. The van der Waals surface area contributed by atoms with Crippen molar-refractivity contribution in [3.63, 3.8) is 0 Å². The molecule has 0 spiro atoms. The summed E-state index contributed by atoms with van der Waals surface area (Å²) in [6.45, 7) is 12.3. The molecular formula is C77H140O16S4. The number of hydrogen-bond donors (Lipinski definition) is 4. The molecule has 0 saturated carbocycles. The van der Waals surface area contributed by atoms with Crippen molar-refractivity contribution in [2.24, 2.45) is 5.41 Å². The molecule has 4 N–H and O–H groups in total. The van der Waals surface area contributed by atoms with E-state index in [1.165, 1.54) is 182 Å². The van der Waals surface area contributed by atoms with Gasteiger partial charge >= 0.3 is 47.8 Å². The summed E-state index contributed by atoms with van der Waals surface area (Å²) in [5, 5.41) is 33.5. The fourth-order valence-corrected chi connectivity index (χ4v) is 16.2. The Balaban J connectivity index is 6.79. The third-order valence-corrected chi connectivity index (χ3v) is 23.7. The van der Waals surface area contributed by atoms with Crippen LogP contribution in [0.25, 0.3) is 0 Å². The van der Waals surface area contributed by atoms with Crippen LogP contribution in [0, 0.1) is 5.41 Å². The lowest BCUT2D eigenvalue weighted by Crippen LogP contribution is -2.46. The molecule has 0 fully saturated rings. The molecule has 8 atom stereocenters. The van der Waals surface area contributed by atoms with Crippen molar-refractivity contribution >= 4 is 94.8 Å². The van der Waals surface area contributed by atoms with Gasteiger partial charge in [-0.15, -0.1) is 47.0 Å². The second-order valence-electron chi connectivity index (χ2n) is 27.6. The molecule has 0 aromatic carbocycles. The van der Waals surface area contributed by atoms with Crippen molar-refractivity contribution in [3.8, 4) is 0 Å². The number of thioether (sulfide) groups is 4. The Kier molecular flexibility index (Phi) is 62.2. The van der Waals surface area contributed by atoms with Crippen LogP contribution >= 0.6 is 47.0 Å². The fourth-order valence-electron chi connectivity index (χ4n) is 11.8. The van der Waals surface area contributed by atoms with E-state index in [1.54, 1.807) is 0 Å². The summed E-state index contributed by atoms with van der Waals surface area (Å²) in [4.78, 5) is 107. The van der Waals surface area contributed by atoms with Gasteiger partial charge in [0.2, 0.25) is 0 Å². The number of carboxylic acid groups (broad SMARTS) is 4. The summed E-state index contributed by atoms with van der Waals surface area (Å²) in [6.07, 6.45) is 49.7. The van der Waals surface area contributed by atoms with E-state index in [9.17, 15) is 58.8 Å². The summed E-state index contributed by atoms with van der Waals surface area (Å²) in [5.41, 5.74) is -1.83. The summed E-state index contributed by atoms with van der Waals surface area (Å²) < 4.78 is 23.9. The smallest absolute Gasteiger partial charge is 0.318 e. The third kappa shape index (κ3) is 52.7. The van der Waals surface area contributed by atoms with Crippen LogP contribution in [0.5, 0.6) is 0 Å². The number of rotatable bonds is 72. The SMILES string of the molecule is CCCCCCCCCCCCCC(SC(C)C(=O)OCC(COC(=O)C(C)SC(CCCCCCCCCCCCC)C(=O)O)(COC(=O)C(C)SC(CCCCCCCCCCCCC)C(=O)O)COC(=O)C(C)SC(CCCCCCCCCCCCC)C(=O)O)C(=O)O. The van der Waals surface area contributed by atoms with E-state index in [4.69, 9.17) is 18.9 Å². The second kappa shape index (κ2) is 64.0. The molecule has 20 heteroatoms. The minimum absolute atomic E-state index is 0.329. The lowest BCUT2D eigenvalue weighted by Gasteiger charge is -2.33. The van der Waals surface area contributed by atoms with E-state index in [0.717, 1.165) is 150 Å². The van der Waals surface area contributed by atoms with Crippen LogP contribution in [0.4, 0.5) is 0 Å². The van der Waals surface area contributed by atoms with Crippen molar-refractivity contribution in [2.75, 3.05) is 26.4 Å². The van der Waals surface area contributed by atoms with Crippen molar-refractivity contribution in [2.45, 2.75) is 406 Å². The Bertz CT molecular complexity index is 1740. The van der Waals surface area contributed by atoms with Gasteiger partial charge in [0.1, 0.15) is 73.8 Å². The molecule has 97 heavy (non-hydrogen) atoms. The van der Waals surface area contributed by atoms with Crippen LogP contribution in [-0.2, 0) is 57.3 Å². The van der Waals surface area contributed by atoms with Gasteiger partial charge in [-0.05, 0) is 53.4 Å². The zero-order valence-corrected chi connectivity index (χ0v) is 65.5. The van der Waals surface area contributed by atoms with Gasteiger partial charge in [-0.2, -0.15) is 0 Å².